The average Bonchev–Trinajstić information content (AvgIpc) is 2.46. The fourth-order valence-corrected chi connectivity index (χ4v) is 3.20. The molecule has 0 bridgehead atoms. The van der Waals surface area contributed by atoms with E-state index in [1.807, 2.05) is 18.2 Å². The number of rotatable bonds is 3. The monoisotopic (exact) mass is 280 g/mol. The van der Waals surface area contributed by atoms with E-state index >= 15 is 0 Å². The molecule has 20 heavy (non-hydrogen) atoms. The lowest BCUT2D eigenvalue weighted by Crippen LogP contribution is -2.00. The van der Waals surface area contributed by atoms with E-state index in [2.05, 4.69) is 43.3 Å². The van der Waals surface area contributed by atoms with E-state index in [-0.39, 0.29) is 0 Å². The first kappa shape index (κ1) is 13.2. The second-order valence-electron chi connectivity index (χ2n) is 4.77. The summed E-state index contributed by atoms with van der Waals surface area (Å²) in [4.78, 5) is 5.95. The predicted octanol–water partition coefficient (Wildman–Crippen LogP) is 4.15. The number of hydrogen-bond donors (Lipinski definition) is 1. The number of nitrogens with two attached hydrogens (primary N) is 1. The standard InChI is InChI=1S/C17H16N2S/c1-12-5-4-7-15(9-12)20-17-14(11-18)10-13-6-2-3-8-16(13)19-17/h2-10H,11,18H2,1H3. The molecule has 0 aliphatic heterocycles. The maximum absolute atomic E-state index is 5.87. The molecule has 0 saturated carbocycles. The average molecular weight is 280 g/mol. The molecule has 0 spiro atoms. The molecule has 3 heteroatoms. The Morgan fingerprint density at radius 2 is 1.90 bits per heavy atom. The molecule has 3 rings (SSSR count). The van der Waals surface area contributed by atoms with Crippen molar-refractivity contribution in [3.05, 3.63) is 65.7 Å². The van der Waals surface area contributed by atoms with Gasteiger partial charge in [0.15, 0.2) is 0 Å². The van der Waals surface area contributed by atoms with E-state index in [4.69, 9.17) is 10.7 Å². The molecule has 2 nitrogen and oxygen atoms in total. The van der Waals surface area contributed by atoms with Crippen LogP contribution >= 0.6 is 11.8 Å². The van der Waals surface area contributed by atoms with Gasteiger partial charge in [-0.1, -0.05) is 47.7 Å². The van der Waals surface area contributed by atoms with Crippen LogP contribution in [0.2, 0.25) is 0 Å². The van der Waals surface area contributed by atoms with Crippen LogP contribution in [0.3, 0.4) is 0 Å². The smallest absolute Gasteiger partial charge is 0.106 e. The lowest BCUT2D eigenvalue weighted by molar-refractivity contribution is 0.982. The van der Waals surface area contributed by atoms with Gasteiger partial charge < -0.3 is 5.73 Å². The van der Waals surface area contributed by atoms with Gasteiger partial charge in [-0.3, -0.25) is 0 Å². The quantitative estimate of drug-likeness (QED) is 0.783. The van der Waals surface area contributed by atoms with Crippen LogP contribution in [-0.2, 0) is 6.54 Å². The second-order valence-corrected chi connectivity index (χ2v) is 5.83. The highest BCUT2D eigenvalue weighted by molar-refractivity contribution is 7.99. The number of aromatic nitrogens is 1. The van der Waals surface area contributed by atoms with Crippen LogP contribution in [0.1, 0.15) is 11.1 Å². The summed E-state index contributed by atoms with van der Waals surface area (Å²) in [7, 11) is 0. The number of pyridine rings is 1. The molecule has 3 aromatic rings. The summed E-state index contributed by atoms with van der Waals surface area (Å²) in [6.45, 7) is 2.60. The molecule has 0 unspecified atom stereocenters. The predicted molar refractivity (Wildman–Crippen MR) is 84.9 cm³/mol. The molecule has 0 aliphatic rings. The summed E-state index contributed by atoms with van der Waals surface area (Å²) in [6.07, 6.45) is 0. The zero-order chi connectivity index (χ0) is 13.9. The van der Waals surface area contributed by atoms with Crippen molar-refractivity contribution in [1.29, 1.82) is 0 Å². The van der Waals surface area contributed by atoms with Crippen LogP contribution in [0.25, 0.3) is 10.9 Å². The Morgan fingerprint density at radius 3 is 2.70 bits per heavy atom. The molecule has 1 heterocycles. The molecule has 2 N–H and O–H groups in total. The summed E-state index contributed by atoms with van der Waals surface area (Å²) in [6, 6.07) is 18.7. The second kappa shape index (κ2) is 5.65. The molecule has 0 radical (unpaired) electrons. The highest BCUT2D eigenvalue weighted by Gasteiger charge is 2.07. The third-order valence-corrected chi connectivity index (χ3v) is 4.22. The fraction of sp³-hybridized carbons (Fsp3) is 0.118. The SMILES string of the molecule is Cc1cccc(Sc2nc3ccccc3cc2CN)c1. The molecule has 0 amide bonds. The number of nitrogens with zero attached hydrogens (tertiary/aromatic N) is 1. The molecule has 0 fully saturated rings. The lowest BCUT2D eigenvalue weighted by Gasteiger charge is -2.09. The third kappa shape index (κ3) is 2.69. The van der Waals surface area contributed by atoms with Gasteiger partial charge in [-0.25, -0.2) is 4.98 Å². The molecule has 0 saturated heterocycles. The largest absolute Gasteiger partial charge is 0.326 e. The first-order valence-electron chi connectivity index (χ1n) is 6.59. The number of hydrogen-bond acceptors (Lipinski definition) is 3. The number of fused-ring (bicyclic) bond motifs is 1. The topological polar surface area (TPSA) is 38.9 Å². The van der Waals surface area contributed by atoms with E-state index in [0.717, 1.165) is 21.5 Å². The van der Waals surface area contributed by atoms with Crippen molar-refractivity contribution in [2.75, 3.05) is 0 Å². The van der Waals surface area contributed by atoms with E-state index in [9.17, 15) is 0 Å². The Kier molecular flexibility index (Phi) is 3.72. The minimum absolute atomic E-state index is 0.506. The van der Waals surface area contributed by atoms with Gasteiger partial charge in [0.25, 0.3) is 0 Å². The highest BCUT2D eigenvalue weighted by Crippen LogP contribution is 2.31. The molecular formula is C17H16N2S. The van der Waals surface area contributed by atoms with Gasteiger partial charge in [0.2, 0.25) is 0 Å². The Balaban J connectivity index is 2.05. The summed E-state index contributed by atoms with van der Waals surface area (Å²) in [5, 5.41) is 2.14. The molecule has 0 atom stereocenters. The van der Waals surface area contributed by atoms with Crippen LogP contribution in [0.5, 0.6) is 0 Å². The normalized spacial score (nSPS) is 10.9. The van der Waals surface area contributed by atoms with Crippen molar-refractivity contribution in [3.63, 3.8) is 0 Å². The first-order chi connectivity index (χ1) is 9.76. The van der Waals surface area contributed by atoms with Gasteiger partial charge in [0.05, 0.1) is 5.52 Å². The molecule has 1 aromatic heterocycles. The minimum Gasteiger partial charge on any atom is -0.326 e. The van der Waals surface area contributed by atoms with Gasteiger partial charge >= 0.3 is 0 Å². The third-order valence-electron chi connectivity index (χ3n) is 3.19. The summed E-state index contributed by atoms with van der Waals surface area (Å²) >= 11 is 1.68. The van der Waals surface area contributed by atoms with E-state index < -0.39 is 0 Å². The van der Waals surface area contributed by atoms with Gasteiger partial charge in [0, 0.05) is 16.8 Å². The molecular weight excluding hydrogens is 264 g/mol. The van der Waals surface area contributed by atoms with Gasteiger partial charge in [-0.05, 0) is 36.8 Å². The van der Waals surface area contributed by atoms with Crippen LogP contribution in [0, 0.1) is 6.92 Å². The van der Waals surface area contributed by atoms with Crippen molar-refractivity contribution >= 4 is 22.7 Å². The summed E-state index contributed by atoms with van der Waals surface area (Å²) < 4.78 is 0. The van der Waals surface area contributed by atoms with Crippen molar-refractivity contribution in [3.8, 4) is 0 Å². The van der Waals surface area contributed by atoms with Gasteiger partial charge in [0.1, 0.15) is 5.03 Å². The van der Waals surface area contributed by atoms with Crippen molar-refractivity contribution < 1.29 is 0 Å². The van der Waals surface area contributed by atoms with Gasteiger partial charge in [-0.2, -0.15) is 0 Å². The fourth-order valence-electron chi connectivity index (χ4n) is 2.17. The first-order valence-corrected chi connectivity index (χ1v) is 7.41. The van der Waals surface area contributed by atoms with Crippen molar-refractivity contribution in [2.24, 2.45) is 5.73 Å². The number of para-hydroxylation sites is 1. The van der Waals surface area contributed by atoms with Crippen molar-refractivity contribution in [1.82, 2.24) is 4.98 Å². The Morgan fingerprint density at radius 1 is 1.05 bits per heavy atom. The van der Waals surface area contributed by atoms with Crippen LogP contribution in [0.15, 0.2) is 64.5 Å². The van der Waals surface area contributed by atoms with E-state index in [1.54, 1.807) is 11.8 Å². The Bertz CT molecular complexity index is 753. The van der Waals surface area contributed by atoms with Gasteiger partial charge in [-0.15, -0.1) is 0 Å². The summed E-state index contributed by atoms with van der Waals surface area (Å²) in [5.74, 6) is 0. The Hall–Kier alpha value is -1.84. The van der Waals surface area contributed by atoms with Crippen LogP contribution < -0.4 is 5.73 Å². The van der Waals surface area contributed by atoms with Crippen molar-refractivity contribution in [2.45, 2.75) is 23.4 Å². The summed E-state index contributed by atoms with van der Waals surface area (Å²) in [5.41, 5.74) is 9.23. The van der Waals surface area contributed by atoms with E-state index in [1.165, 1.54) is 10.5 Å². The van der Waals surface area contributed by atoms with E-state index in [0.29, 0.717) is 6.54 Å². The minimum atomic E-state index is 0.506. The zero-order valence-electron chi connectivity index (χ0n) is 11.3. The highest BCUT2D eigenvalue weighted by atomic mass is 32.2. The maximum Gasteiger partial charge on any atom is 0.106 e. The maximum atomic E-state index is 5.87. The number of benzene rings is 2. The Labute approximate surface area is 123 Å². The van der Waals surface area contributed by atoms with Crippen LogP contribution in [0.4, 0.5) is 0 Å². The zero-order valence-corrected chi connectivity index (χ0v) is 12.2. The number of aryl methyl sites for hydroxylation is 1. The lowest BCUT2D eigenvalue weighted by atomic mass is 10.1. The molecule has 0 aliphatic carbocycles. The van der Waals surface area contributed by atoms with Crippen LogP contribution in [-0.4, -0.2) is 4.98 Å². The molecule has 2 aromatic carbocycles. The molecule has 100 valence electrons.